The second-order valence-corrected chi connectivity index (χ2v) is 3.15. The number of ether oxygens (including phenoxy) is 1. The average Bonchev–Trinajstić information content (AvgIpc) is 1.62. The van der Waals surface area contributed by atoms with E-state index in [-0.39, 0.29) is 29.6 Å². The van der Waals surface area contributed by atoms with Crippen molar-refractivity contribution >= 4 is 26.0 Å². The maximum absolute atomic E-state index is 9.97. The third-order valence-electron chi connectivity index (χ3n) is 0.358. The molecule has 0 bridgehead atoms. The predicted octanol–water partition coefficient (Wildman–Crippen LogP) is -2.39. The van der Waals surface area contributed by atoms with Gasteiger partial charge in [-0.15, -0.1) is 0 Å². The second kappa shape index (κ2) is 5.20. The predicted molar refractivity (Wildman–Crippen MR) is 30.5 cm³/mol. The van der Waals surface area contributed by atoms with Crippen molar-refractivity contribution in [2.45, 2.75) is 0 Å². The first kappa shape index (κ1) is 13.1. The molecule has 0 saturated heterocycles. The monoisotopic (exact) mass is 195 g/mol. The van der Waals surface area contributed by atoms with Crippen LogP contribution in [0, 0.1) is 0 Å². The molecule has 0 fully saturated rings. The Morgan fingerprint density at radius 1 is 1.60 bits per heavy atom. The maximum Gasteiger partial charge on any atom is 1.00 e. The molecule has 0 aromatic rings. The molecule has 0 rings (SSSR count). The van der Waals surface area contributed by atoms with Crippen molar-refractivity contribution in [1.29, 1.82) is 0 Å². The van der Waals surface area contributed by atoms with Crippen molar-refractivity contribution in [2.75, 3.05) is 7.11 Å². The van der Waals surface area contributed by atoms with Gasteiger partial charge in [-0.05, 0) is 0 Å². The summed E-state index contributed by atoms with van der Waals surface area (Å²) in [4.78, 5) is 9.97. The molecule has 0 aliphatic rings. The number of hydrogen-bond acceptors (Lipinski definition) is 4. The van der Waals surface area contributed by atoms with Crippen molar-refractivity contribution in [3.8, 4) is 0 Å². The molecule has 8 heteroatoms. The molecule has 0 aromatic heterocycles. The van der Waals surface area contributed by atoms with E-state index in [2.05, 4.69) is 20.1 Å². The summed E-state index contributed by atoms with van der Waals surface area (Å²) < 4.78 is 26.1. The standard InChI is InChI=1S/C2H4ClNO4S.Na/c1-8-2(5)4-9(3,6)7;/h1H3,(H,4,5);/q;+1/p-1. The summed E-state index contributed by atoms with van der Waals surface area (Å²) in [5.41, 5.74) is 0. The SMILES string of the molecule is COC(=O)[N-]S(=O)(=O)Cl.[Na+]. The normalized spacial score (nSPS) is 9.40. The van der Waals surface area contributed by atoms with Gasteiger partial charge in [-0.2, -0.15) is 0 Å². The van der Waals surface area contributed by atoms with Crippen LogP contribution in [-0.4, -0.2) is 21.6 Å². The fourth-order valence-corrected chi connectivity index (χ4v) is 0.548. The molecular formula is C2H3ClNNaO4S. The van der Waals surface area contributed by atoms with E-state index in [9.17, 15) is 13.2 Å². The summed E-state index contributed by atoms with van der Waals surface area (Å²) in [6, 6.07) is 0. The largest absolute Gasteiger partial charge is 1.00 e. The summed E-state index contributed by atoms with van der Waals surface area (Å²) in [6.45, 7) is 0. The van der Waals surface area contributed by atoms with Crippen LogP contribution in [0.3, 0.4) is 0 Å². The molecule has 0 spiro atoms. The molecule has 5 nitrogen and oxygen atoms in total. The zero-order chi connectivity index (χ0) is 7.49. The third-order valence-corrected chi connectivity index (χ3v) is 0.932. The molecular weight excluding hydrogens is 193 g/mol. The summed E-state index contributed by atoms with van der Waals surface area (Å²) >= 11 is 0. The quantitative estimate of drug-likeness (QED) is 0.346. The number of hydrogen-bond donors (Lipinski definition) is 0. The van der Waals surface area contributed by atoms with Crippen LogP contribution < -0.4 is 29.6 Å². The number of methoxy groups -OCH3 is 1. The van der Waals surface area contributed by atoms with Crippen LogP contribution in [0.5, 0.6) is 0 Å². The zero-order valence-electron chi connectivity index (χ0n) is 5.37. The van der Waals surface area contributed by atoms with Crippen LogP contribution in [0.15, 0.2) is 0 Å². The molecule has 0 saturated carbocycles. The Hall–Kier alpha value is 0.510. The molecule has 0 N–H and O–H groups in total. The fourth-order valence-electron chi connectivity index (χ4n) is 0.126. The van der Waals surface area contributed by atoms with Crippen LogP contribution in [0.25, 0.3) is 4.72 Å². The summed E-state index contributed by atoms with van der Waals surface area (Å²) in [5, 5.41) is 0. The number of carbonyl (C=O) groups excluding carboxylic acids is 1. The second-order valence-electron chi connectivity index (χ2n) is 0.973. The molecule has 0 aliphatic carbocycles. The number of rotatable bonds is 1. The molecule has 10 heavy (non-hydrogen) atoms. The van der Waals surface area contributed by atoms with E-state index >= 15 is 0 Å². The third kappa shape index (κ3) is 8.51. The van der Waals surface area contributed by atoms with Gasteiger partial charge in [0, 0.05) is 10.7 Å². The Labute approximate surface area is 84.9 Å². The van der Waals surface area contributed by atoms with Gasteiger partial charge in [0.1, 0.15) is 0 Å². The molecule has 0 aliphatic heterocycles. The van der Waals surface area contributed by atoms with E-state index < -0.39 is 15.3 Å². The molecule has 1 amide bonds. The van der Waals surface area contributed by atoms with Crippen LogP contribution in [0.1, 0.15) is 0 Å². The Bertz CT molecular complexity index is 201. The van der Waals surface area contributed by atoms with Gasteiger partial charge in [0.15, 0.2) is 9.24 Å². The summed E-state index contributed by atoms with van der Waals surface area (Å²) in [5.74, 6) is 0. The van der Waals surface area contributed by atoms with Crippen molar-refractivity contribution in [1.82, 2.24) is 0 Å². The van der Waals surface area contributed by atoms with Gasteiger partial charge in [-0.25, -0.2) is 8.42 Å². The van der Waals surface area contributed by atoms with Crippen molar-refractivity contribution in [3.05, 3.63) is 4.72 Å². The van der Waals surface area contributed by atoms with E-state index in [0.29, 0.717) is 0 Å². The first-order valence-corrected chi connectivity index (χ1v) is 3.98. The number of carbonyl (C=O) groups is 1. The molecule has 0 radical (unpaired) electrons. The molecule has 0 heterocycles. The first-order valence-electron chi connectivity index (χ1n) is 1.71. The average molecular weight is 196 g/mol. The van der Waals surface area contributed by atoms with Crippen molar-refractivity contribution < 1.29 is 47.5 Å². The first-order chi connectivity index (χ1) is 3.95. The minimum atomic E-state index is -4.11. The number of halogens is 1. The topological polar surface area (TPSA) is 74.5 Å². The van der Waals surface area contributed by atoms with Crippen LogP contribution in [0.2, 0.25) is 0 Å². The van der Waals surface area contributed by atoms with E-state index in [1.165, 1.54) is 0 Å². The summed E-state index contributed by atoms with van der Waals surface area (Å²) in [6.07, 6.45) is -1.23. The van der Waals surface area contributed by atoms with Crippen LogP contribution in [0.4, 0.5) is 4.79 Å². The van der Waals surface area contributed by atoms with Crippen molar-refractivity contribution in [2.24, 2.45) is 0 Å². The van der Waals surface area contributed by atoms with Crippen LogP contribution in [-0.2, 0) is 14.0 Å². The minimum Gasteiger partial charge on any atom is -0.497 e. The fraction of sp³-hybridized carbons (Fsp3) is 0.500. The summed E-state index contributed by atoms with van der Waals surface area (Å²) in [7, 11) is 1.39. The minimum absolute atomic E-state index is 0. The van der Waals surface area contributed by atoms with Gasteiger partial charge >= 0.3 is 29.6 Å². The molecule has 0 aromatic carbocycles. The molecule has 54 valence electrons. The molecule has 0 atom stereocenters. The van der Waals surface area contributed by atoms with Gasteiger partial charge in [0.05, 0.1) is 7.11 Å². The van der Waals surface area contributed by atoms with Crippen molar-refractivity contribution in [3.63, 3.8) is 0 Å². The van der Waals surface area contributed by atoms with Gasteiger partial charge in [-0.1, -0.05) is 0 Å². The number of nitrogens with zero attached hydrogens (tertiary/aromatic N) is 1. The molecule has 0 unspecified atom stereocenters. The Morgan fingerprint density at radius 2 is 2.00 bits per heavy atom. The maximum atomic E-state index is 9.97. The Morgan fingerprint density at radius 3 is 2.10 bits per heavy atom. The number of amides is 1. The van der Waals surface area contributed by atoms with E-state index in [1.54, 1.807) is 0 Å². The Balaban J connectivity index is 0. The van der Waals surface area contributed by atoms with E-state index in [4.69, 9.17) is 0 Å². The zero-order valence-corrected chi connectivity index (χ0v) is 8.94. The van der Waals surface area contributed by atoms with Crippen LogP contribution >= 0.6 is 10.7 Å². The van der Waals surface area contributed by atoms with Gasteiger partial charge in [-0.3, -0.25) is 4.79 Å². The smallest absolute Gasteiger partial charge is 0.497 e. The van der Waals surface area contributed by atoms with E-state index in [0.717, 1.165) is 7.11 Å². The van der Waals surface area contributed by atoms with E-state index in [1.807, 2.05) is 0 Å². The van der Waals surface area contributed by atoms with Gasteiger partial charge in [0.25, 0.3) is 0 Å². The van der Waals surface area contributed by atoms with Gasteiger partial charge < -0.3 is 9.46 Å². The van der Waals surface area contributed by atoms with Gasteiger partial charge in [0.2, 0.25) is 6.09 Å². The Kier molecular flexibility index (Phi) is 6.82.